The Hall–Kier alpha value is -0.160. The third-order valence-electron chi connectivity index (χ3n) is 3.32. The second kappa shape index (κ2) is 4.78. The van der Waals surface area contributed by atoms with E-state index in [2.05, 4.69) is 36.3 Å². The summed E-state index contributed by atoms with van der Waals surface area (Å²) < 4.78 is 5.57. The van der Waals surface area contributed by atoms with Crippen LogP contribution >= 0.6 is 0 Å². The highest BCUT2D eigenvalue weighted by molar-refractivity contribution is 4.89. The van der Waals surface area contributed by atoms with E-state index >= 15 is 0 Å². The highest BCUT2D eigenvalue weighted by Gasteiger charge is 2.31. The first-order valence-corrected chi connectivity index (χ1v) is 6.02. The van der Waals surface area contributed by atoms with Crippen molar-refractivity contribution in [3.05, 3.63) is 0 Å². The lowest BCUT2D eigenvalue weighted by atomic mass is 10.1. The van der Waals surface area contributed by atoms with Gasteiger partial charge < -0.3 is 10.1 Å². The summed E-state index contributed by atoms with van der Waals surface area (Å²) in [7, 11) is 0. The first-order chi connectivity index (χ1) is 7.16. The first-order valence-electron chi connectivity index (χ1n) is 6.02. The van der Waals surface area contributed by atoms with E-state index in [9.17, 15) is 0 Å². The molecule has 2 aliphatic heterocycles. The van der Waals surface area contributed by atoms with Crippen LogP contribution in [0.4, 0.5) is 0 Å². The summed E-state index contributed by atoms with van der Waals surface area (Å²) in [5, 5.41) is 7.21. The fourth-order valence-electron chi connectivity index (χ4n) is 2.62. The molecule has 2 aliphatic rings. The smallest absolute Gasteiger partial charge is 0.0754 e. The number of rotatable bonds is 1. The van der Waals surface area contributed by atoms with E-state index in [1.807, 2.05) is 0 Å². The fraction of sp³-hybridized carbons (Fsp3) is 1.00. The van der Waals surface area contributed by atoms with Gasteiger partial charge in [0, 0.05) is 31.7 Å². The third kappa shape index (κ3) is 2.69. The van der Waals surface area contributed by atoms with Crippen LogP contribution in [0.3, 0.4) is 0 Å². The molecule has 4 unspecified atom stereocenters. The minimum Gasteiger partial charge on any atom is -0.376 e. The Morgan fingerprint density at radius 1 is 1.27 bits per heavy atom. The zero-order valence-corrected chi connectivity index (χ0v) is 9.99. The quantitative estimate of drug-likeness (QED) is 0.643. The van der Waals surface area contributed by atoms with Gasteiger partial charge in [0.15, 0.2) is 0 Å². The molecule has 88 valence electrons. The Morgan fingerprint density at radius 3 is 2.73 bits per heavy atom. The minimum absolute atomic E-state index is 0.368. The number of hydrogen-bond acceptors (Lipinski definition) is 4. The SMILES string of the molecule is CC1CNC(N2CCOC(C)C2)C(C)N1. The average molecular weight is 213 g/mol. The molecule has 0 aromatic heterocycles. The van der Waals surface area contributed by atoms with Gasteiger partial charge in [-0.3, -0.25) is 10.2 Å². The van der Waals surface area contributed by atoms with E-state index in [-0.39, 0.29) is 0 Å². The summed E-state index contributed by atoms with van der Waals surface area (Å²) in [6.07, 6.45) is 0.833. The molecule has 2 heterocycles. The molecule has 0 aromatic carbocycles. The maximum atomic E-state index is 5.57. The number of nitrogens with zero attached hydrogens (tertiary/aromatic N) is 1. The second-order valence-corrected chi connectivity index (χ2v) is 4.89. The largest absolute Gasteiger partial charge is 0.376 e. The van der Waals surface area contributed by atoms with E-state index in [1.54, 1.807) is 0 Å². The molecule has 2 saturated heterocycles. The van der Waals surface area contributed by atoms with Crippen LogP contribution < -0.4 is 10.6 Å². The van der Waals surface area contributed by atoms with Crippen molar-refractivity contribution >= 4 is 0 Å². The van der Waals surface area contributed by atoms with Gasteiger partial charge in [-0.1, -0.05) is 0 Å². The van der Waals surface area contributed by atoms with Crippen molar-refractivity contribution in [2.45, 2.75) is 45.1 Å². The van der Waals surface area contributed by atoms with Crippen LogP contribution in [0.15, 0.2) is 0 Å². The normalized spacial score (nSPS) is 44.2. The van der Waals surface area contributed by atoms with Crippen LogP contribution in [0.25, 0.3) is 0 Å². The van der Waals surface area contributed by atoms with Crippen molar-refractivity contribution in [3.8, 4) is 0 Å². The van der Waals surface area contributed by atoms with Gasteiger partial charge in [-0.05, 0) is 20.8 Å². The highest BCUT2D eigenvalue weighted by Crippen LogP contribution is 2.12. The first kappa shape index (κ1) is 11.3. The molecule has 4 heteroatoms. The van der Waals surface area contributed by atoms with Crippen LogP contribution in [0.1, 0.15) is 20.8 Å². The minimum atomic E-state index is 0.368. The Bertz CT molecular complexity index is 212. The van der Waals surface area contributed by atoms with Gasteiger partial charge >= 0.3 is 0 Å². The van der Waals surface area contributed by atoms with Gasteiger partial charge in [0.25, 0.3) is 0 Å². The Balaban J connectivity index is 1.91. The zero-order valence-electron chi connectivity index (χ0n) is 9.99. The second-order valence-electron chi connectivity index (χ2n) is 4.89. The van der Waals surface area contributed by atoms with Crippen LogP contribution in [-0.2, 0) is 4.74 Å². The summed E-state index contributed by atoms with van der Waals surface area (Å²) in [6.45, 7) is 10.6. The van der Waals surface area contributed by atoms with E-state index in [0.717, 1.165) is 26.2 Å². The van der Waals surface area contributed by atoms with Gasteiger partial charge in [-0.2, -0.15) is 0 Å². The molecular formula is C11H23N3O. The van der Waals surface area contributed by atoms with Crippen molar-refractivity contribution < 1.29 is 4.74 Å². The Morgan fingerprint density at radius 2 is 2.07 bits per heavy atom. The molecule has 2 rings (SSSR count). The van der Waals surface area contributed by atoms with Crippen LogP contribution in [0, 0.1) is 0 Å². The zero-order chi connectivity index (χ0) is 10.8. The highest BCUT2D eigenvalue weighted by atomic mass is 16.5. The van der Waals surface area contributed by atoms with Gasteiger partial charge in [-0.15, -0.1) is 0 Å². The van der Waals surface area contributed by atoms with Gasteiger partial charge in [0.2, 0.25) is 0 Å². The number of piperazine rings is 1. The van der Waals surface area contributed by atoms with Crippen molar-refractivity contribution in [2.24, 2.45) is 0 Å². The lowest BCUT2D eigenvalue weighted by molar-refractivity contribution is -0.0495. The van der Waals surface area contributed by atoms with Crippen LogP contribution in [0.2, 0.25) is 0 Å². The summed E-state index contributed by atoms with van der Waals surface area (Å²) in [6, 6.07) is 1.09. The number of ether oxygens (including phenoxy) is 1. The molecule has 0 aromatic rings. The molecule has 2 fully saturated rings. The van der Waals surface area contributed by atoms with E-state index in [1.165, 1.54) is 0 Å². The molecule has 0 spiro atoms. The monoisotopic (exact) mass is 213 g/mol. The van der Waals surface area contributed by atoms with Gasteiger partial charge in [-0.25, -0.2) is 0 Å². The Kier molecular flexibility index (Phi) is 3.61. The average Bonchev–Trinajstić information content (AvgIpc) is 2.17. The topological polar surface area (TPSA) is 36.5 Å². The molecule has 0 bridgehead atoms. The standard InChI is InChI=1S/C11H23N3O/c1-8-6-12-11(10(3)13-8)14-4-5-15-9(2)7-14/h8-13H,4-7H2,1-3H3. The molecular weight excluding hydrogens is 190 g/mol. The molecule has 4 nitrogen and oxygen atoms in total. The molecule has 0 amide bonds. The van der Waals surface area contributed by atoms with Crippen molar-refractivity contribution in [3.63, 3.8) is 0 Å². The molecule has 15 heavy (non-hydrogen) atoms. The van der Waals surface area contributed by atoms with E-state index in [4.69, 9.17) is 4.74 Å². The lowest BCUT2D eigenvalue weighted by Crippen LogP contribution is -2.66. The van der Waals surface area contributed by atoms with Crippen LogP contribution in [-0.4, -0.2) is 55.5 Å². The molecule has 4 atom stereocenters. The number of hydrogen-bond donors (Lipinski definition) is 2. The Labute approximate surface area is 92.4 Å². The summed E-state index contributed by atoms with van der Waals surface area (Å²) >= 11 is 0. The molecule has 0 saturated carbocycles. The number of morpholine rings is 1. The fourth-order valence-corrected chi connectivity index (χ4v) is 2.62. The predicted molar refractivity (Wildman–Crippen MR) is 60.8 cm³/mol. The maximum absolute atomic E-state index is 5.57. The number of nitrogens with one attached hydrogen (secondary N) is 2. The van der Waals surface area contributed by atoms with E-state index < -0.39 is 0 Å². The van der Waals surface area contributed by atoms with Crippen molar-refractivity contribution in [2.75, 3.05) is 26.2 Å². The molecule has 0 aliphatic carbocycles. The lowest BCUT2D eigenvalue weighted by Gasteiger charge is -2.44. The van der Waals surface area contributed by atoms with Gasteiger partial charge in [0.05, 0.1) is 18.9 Å². The molecule has 2 N–H and O–H groups in total. The van der Waals surface area contributed by atoms with Gasteiger partial charge in [0.1, 0.15) is 0 Å². The maximum Gasteiger partial charge on any atom is 0.0754 e. The summed E-state index contributed by atoms with van der Waals surface area (Å²) in [5.74, 6) is 0. The van der Waals surface area contributed by atoms with Crippen molar-refractivity contribution in [1.82, 2.24) is 15.5 Å². The summed E-state index contributed by atoms with van der Waals surface area (Å²) in [5.41, 5.74) is 0. The predicted octanol–water partition coefficient (Wildman–Crippen LogP) is 0.00300. The van der Waals surface area contributed by atoms with Crippen LogP contribution in [0.5, 0.6) is 0 Å². The van der Waals surface area contributed by atoms with Crippen molar-refractivity contribution in [1.29, 1.82) is 0 Å². The third-order valence-corrected chi connectivity index (χ3v) is 3.32. The molecule has 0 radical (unpaired) electrons. The summed E-state index contributed by atoms with van der Waals surface area (Å²) in [4.78, 5) is 2.50. The van der Waals surface area contributed by atoms with E-state index in [0.29, 0.717) is 24.4 Å².